The van der Waals surface area contributed by atoms with Gasteiger partial charge in [-0.3, -0.25) is 13.9 Å². The minimum atomic E-state index is -0.318. The van der Waals surface area contributed by atoms with E-state index in [1.165, 1.54) is 15.5 Å². The molecule has 0 N–H and O–H groups in total. The molecule has 2 heterocycles. The van der Waals surface area contributed by atoms with Crippen LogP contribution in [0.15, 0.2) is 22.1 Å². The Labute approximate surface area is 135 Å². The summed E-state index contributed by atoms with van der Waals surface area (Å²) >= 11 is 1.95. The molecule has 114 valence electrons. The average Bonchev–Trinajstić information content (AvgIpc) is 2.85. The molecule has 0 bridgehead atoms. The van der Waals surface area contributed by atoms with E-state index in [0.29, 0.717) is 28.4 Å². The molecule has 0 radical (unpaired) electrons. The highest BCUT2D eigenvalue weighted by Crippen LogP contribution is 2.02. The van der Waals surface area contributed by atoms with Crippen LogP contribution in [-0.2, 0) is 19.6 Å². The molecule has 0 fully saturated rings. The summed E-state index contributed by atoms with van der Waals surface area (Å²) in [5, 5.41) is 4.16. The van der Waals surface area contributed by atoms with E-state index in [4.69, 9.17) is 0 Å². The largest absolute Gasteiger partial charge is 0.331 e. The van der Waals surface area contributed by atoms with Crippen LogP contribution in [-0.4, -0.2) is 23.9 Å². The van der Waals surface area contributed by atoms with E-state index in [9.17, 15) is 9.59 Å². The fourth-order valence-corrected chi connectivity index (χ4v) is 2.66. The van der Waals surface area contributed by atoms with Gasteiger partial charge in [0.25, 0.3) is 5.56 Å². The second-order valence-electron chi connectivity index (χ2n) is 5.19. The van der Waals surface area contributed by atoms with E-state index in [1.54, 1.807) is 10.9 Å². The van der Waals surface area contributed by atoms with E-state index in [1.807, 2.05) is 29.5 Å². The van der Waals surface area contributed by atoms with Gasteiger partial charge in [0, 0.05) is 19.3 Å². The van der Waals surface area contributed by atoms with Gasteiger partial charge in [0.15, 0.2) is 0 Å². The Morgan fingerprint density at radius 2 is 2.05 bits per heavy atom. The first-order valence-electron chi connectivity index (χ1n) is 6.80. The fraction of sp³-hybridized carbons (Fsp3) is 0.538. The highest BCUT2D eigenvalue weighted by molar-refractivity contribution is 14.1. The Morgan fingerprint density at radius 1 is 1.33 bits per heavy atom. The average molecular weight is 403 g/mol. The molecule has 0 saturated heterocycles. The molecule has 0 spiro atoms. The zero-order valence-corrected chi connectivity index (χ0v) is 14.4. The van der Waals surface area contributed by atoms with Crippen molar-refractivity contribution in [3.05, 3.63) is 42.8 Å². The van der Waals surface area contributed by atoms with Crippen LogP contribution in [0.25, 0.3) is 0 Å². The van der Waals surface area contributed by atoms with Gasteiger partial charge >= 0.3 is 5.69 Å². The van der Waals surface area contributed by atoms with Gasteiger partial charge in [-0.05, 0) is 35.4 Å². The first-order valence-corrected chi connectivity index (χ1v) is 7.88. The van der Waals surface area contributed by atoms with Crippen molar-refractivity contribution in [2.24, 2.45) is 5.92 Å². The molecular formula is C13H18IN5O2. The quantitative estimate of drug-likeness (QED) is 0.697. The van der Waals surface area contributed by atoms with Crippen molar-refractivity contribution in [1.29, 1.82) is 0 Å². The maximum atomic E-state index is 12.3. The van der Waals surface area contributed by atoms with E-state index in [-0.39, 0.29) is 17.8 Å². The lowest BCUT2D eigenvalue weighted by Crippen LogP contribution is -2.41. The topological polar surface area (TPSA) is 74.7 Å². The van der Waals surface area contributed by atoms with E-state index in [0.717, 1.165) is 0 Å². The van der Waals surface area contributed by atoms with Crippen LogP contribution >= 0.6 is 22.6 Å². The molecule has 0 aromatic carbocycles. The lowest BCUT2D eigenvalue weighted by molar-refractivity contribution is 0.454. The van der Waals surface area contributed by atoms with Gasteiger partial charge in [-0.1, -0.05) is 13.8 Å². The Hall–Kier alpha value is -1.45. The number of hydrogen-bond acceptors (Lipinski definition) is 4. The van der Waals surface area contributed by atoms with Crippen molar-refractivity contribution in [2.45, 2.75) is 40.4 Å². The molecule has 0 aliphatic carbocycles. The zero-order valence-electron chi connectivity index (χ0n) is 12.3. The summed E-state index contributed by atoms with van der Waals surface area (Å²) in [5.41, 5.74) is -0.605. The second-order valence-corrected chi connectivity index (χ2v) is 6.35. The third-order valence-corrected chi connectivity index (χ3v) is 3.81. The smallest absolute Gasteiger partial charge is 0.300 e. The second kappa shape index (κ2) is 6.54. The minimum Gasteiger partial charge on any atom is -0.300 e. The fourth-order valence-electron chi connectivity index (χ4n) is 2.03. The first kappa shape index (κ1) is 15.9. The van der Waals surface area contributed by atoms with Gasteiger partial charge < -0.3 is 0 Å². The Kier molecular flexibility index (Phi) is 4.96. The van der Waals surface area contributed by atoms with Crippen LogP contribution in [0.1, 0.15) is 26.6 Å². The van der Waals surface area contributed by atoms with Crippen LogP contribution in [0.3, 0.4) is 0 Å². The highest BCUT2D eigenvalue weighted by atomic mass is 127. The van der Waals surface area contributed by atoms with E-state index in [2.05, 4.69) is 23.9 Å². The molecule has 7 nitrogen and oxygen atoms in total. The summed E-state index contributed by atoms with van der Waals surface area (Å²) in [6.07, 6.45) is 3.04. The molecule has 0 amide bonds. The highest BCUT2D eigenvalue weighted by Gasteiger charge is 2.13. The van der Waals surface area contributed by atoms with Crippen molar-refractivity contribution in [2.75, 3.05) is 0 Å². The molecule has 0 aliphatic rings. The predicted octanol–water partition coefficient (Wildman–Crippen LogP) is 0.930. The molecule has 0 aliphatic heterocycles. The van der Waals surface area contributed by atoms with Gasteiger partial charge in [0.1, 0.15) is 12.2 Å². The number of aromatic nitrogens is 5. The Balaban J connectivity index is 2.45. The Bertz CT molecular complexity index is 744. The van der Waals surface area contributed by atoms with Crippen molar-refractivity contribution in [1.82, 2.24) is 23.9 Å². The molecular weight excluding hydrogens is 385 g/mol. The van der Waals surface area contributed by atoms with Crippen LogP contribution in [0, 0.1) is 9.49 Å². The molecule has 21 heavy (non-hydrogen) atoms. The molecule has 0 atom stereocenters. The van der Waals surface area contributed by atoms with Gasteiger partial charge in [-0.2, -0.15) is 5.10 Å². The number of halogens is 1. The third kappa shape index (κ3) is 3.42. The van der Waals surface area contributed by atoms with Gasteiger partial charge in [-0.25, -0.2) is 14.5 Å². The monoisotopic (exact) mass is 403 g/mol. The maximum Gasteiger partial charge on any atom is 0.331 e. The third-order valence-electron chi connectivity index (χ3n) is 3.07. The molecule has 0 unspecified atom stereocenters. The van der Waals surface area contributed by atoms with Crippen LogP contribution < -0.4 is 11.2 Å². The predicted molar refractivity (Wildman–Crippen MR) is 87.3 cm³/mol. The normalized spacial score (nSPS) is 11.3. The summed E-state index contributed by atoms with van der Waals surface area (Å²) in [6.45, 7) is 7.39. The van der Waals surface area contributed by atoms with Gasteiger partial charge in [0.2, 0.25) is 0 Å². The SMILES string of the molecule is CCn1cc(I)c(=O)n(Cc2ncnn2CC(C)C)c1=O. The zero-order chi connectivity index (χ0) is 15.6. The van der Waals surface area contributed by atoms with Gasteiger partial charge in [0.05, 0.1) is 10.1 Å². The Morgan fingerprint density at radius 3 is 2.67 bits per heavy atom. The standard InChI is InChI=1S/C13H18IN5O2/c1-4-17-6-10(14)12(20)18(13(17)21)7-11-15-8-16-19(11)5-9(2)3/h6,8-9H,4-5,7H2,1-3H3. The summed E-state index contributed by atoms with van der Waals surface area (Å²) in [5.74, 6) is 1.03. The van der Waals surface area contributed by atoms with Crippen LogP contribution in [0.2, 0.25) is 0 Å². The summed E-state index contributed by atoms with van der Waals surface area (Å²) in [4.78, 5) is 28.7. The molecule has 2 rings (SSSR count). The minimum absolute atomic E-state index is 0.140. The van der Waals surface area contributed by atoms with E-state index < -0.39 is 0 Å². The number of nitrogens with zero attached hydrogens (tertiary/aromatic N) is 5. The van der Waals surface area contributed by atoms with E-state index >= 15 is 0 Å². The number of rotatable bonds is 5. The number of hydrogen-bond donors (Lipinski definition) is 0. The lowest BCUT2D eigenvalue weighted by atomic mass is 10.2. The lowest BCUT2D eigenvalue weighted by Gasteiger charge is -2.11. The van der Waals surface area contributed by atoms with Crippen molar-refractivity contribution < 1.29 is 0 Å². The molecule has 0 saturated carbocycles. The molecule has 2 aromatic rings. The first-order chi connectivity index (χ1) is 9.93. The van der Waals surface area contributed by atoms with Crippen molar-refractivity contribution >= 4 is 22.6 Å². The van der Waals surface area contributed by atoms with Gasteiger partial charge in [-0.15, -0.1) is 0 Å². The molecule has 8 heteroatoms. The van der Waals surface area contributed by atoms with Crippen molar-refractivity contribution in [3.63, 3.8) is 0 Å². The maximum absolute atomic E-state index is 12.3. The summed E-state index contributed by atoms with van der Waals surface area (Å²) < 4.78 is 4.99. The van der Waals surface area contributed by atoms with Crippen molar-refractivity contribution in [3.8, 4) is 0 Å². The van der Waals surface area contributed by atoms with Crippen LogP contribution in [0.5, 0.6) is 0 Å². The summed E-state index contributed by atoms with van der Waals surface area (Å²) in [6, 6.07) is 0. The summed E-state index contributed by atoms with van der Waals surface area (Å²) in [7, 11) is 0. The molecule has 2 aromatic heterocycles. The van der Waals surface area contributed by atoms with Crippen LogP contribution in [0.4, 0.5) is 0 Å². The number of aryl methyl sites for hydroxylation is 1.